The van der Waals surface area contributed by atoms with Crippen molar-refractivity contribution in [2.45, 2.75) is 0 Å². The van der Waals surface area contributed by atoms with Gasteiger partial charge < -0.3 is 9.47 Å². The van der Waals surface area contributed by atoms with Gasteiger partial charge in [0.15, 0.2) is 11.5 Å². The zero-order valence-corrected chi connectivity index (χ0v) is 20.4. The van der Waals surface area contributed by atoms with E-state index >= 15 is 0 Å². The van der Waals surface area contributed by atoms with Gasteiger partial charge in [-0.05, 0) is 36.4 Å². The Bertz CT molecular complexity index is 1600. The number of fused-ring (bicyclic) bond motifs is 2. The maximum Gasteiger partial charge on any atom is 0.181 e. The lowest BCUT2D eigenvalue weighted by Crippen LogP contribution is -2.14. The van der Waals surface area contributed by atoms with Crippen molar-refractivity contribution >= 4 is 66.9 Å². The molecule has 0 saturated heterocycles. The monoisotopic (exact) mass is 514 g/mol. The average Bonchev–Trinajstić information content (AvgIpc) is 3.62. The standard InChI is InChI=1S/C24H10N4O2S4/c25-9-13(10-26)5-15-1-2-17(31-15)23-21-22(30-4-3-29-21)24(34-23)20-8-19-18(33-20)7-16(32-19)6-14(11-27)12-28/h1-2,5-8H,3-4H2. The van der Waals surface area contributed by atoms with E-state index in [0.29, 0.717) is 13.2 Å². The van der Waals surface area contributed by atoms with Crippen LogP contribution < -0.4 is 9.47 Å². The van der Waals surface area contributed by atoms with Crippen molar-refractivity contribution in [2.24, 2.45) is 0 Å². The van der Waals surface area contributed by atoms with Crippen molar-refractivity contribution in [3.8, 4) is 55.3 Å². The summed E-state index contributed by atoms with van der Waals surface area (Å²) >= 11 is 6.24. The molecular formula is C24H10N4O2S4. The van der Waals surface area contributed by atoms with Crippen LogP contribution in [-0.2, 0) is 0 Å². The molecule has 1 aliphatic heterocycles. The Balaban J connectivity index is 1.55. The molecular weight excluding hydrogens is 505 g/mol. The highest BCUT2D eigenvalue weighted by molar-refractivity contribution is 7.32. The zero-order chi connectivity index (χ0) is 23.7. The molecule has 0 aromatic carbocycles. The summed E-state index contributed by atoms with van der Waals surface area (Å²) in [4.78, 5) is 5.67. The van der Waals surface area contributed by atoms with Crippen molar-refractivity contribution in [1.29, 1.82) is 21.0 Å². The number of ether oxygens (including phenoxy) is 2. The van der Waals surface area contributed by atoms with E-state index in [0.717, 1.165) is 50.2 Å². The van der Waals surface area contributed by atoms with E-state index in [1.807, 2.05) is 42.5 Å². The molecule has 0 fully saturated rings. The van der Waals surface area contributed by atoms with E-state index in [1.54, 1.807) is 34.8 Å². The third-order valence-corrected chi connectivity index (χ3v) is 9.54. The lowest BCUT2D eigenvalue weighted by atomic mass is 10.2. The summed E-state index contributed by atoms with van der Waals surface area (Å²) in [5.74, 6) is 1.45. The third kappa shape index (κ3) is 3.97. The van der Waals surface area contributed by atoms with Gasteiger partial charge in [0.1, 0.15) is 48.6 Å². The zero-order valence-electron chi connectivity index (χ0n) is 17.1. The second kappa shape index (κ2) is 9.15. The minimum Gasteiger partial charge on any atom is -0.485 e. The van der Waals surface area contributed by atoms with Crippen LogP contribution in [-0.4, -0.2) is 13.2 Å². The van der Waals surface area contributed by atoms with Crippen molar-refractivity contribution in [3.63, 3.8) is 0 Å². The molecule has 1 aliphatic rings. The molecule has 0 unspecified atom stereocenters. The fourth-order valence-corrected chi connectivity index (χ4v) is 8.03. The lowest BCUT2D eigenvalue weighted by Gasteiger charge is -2.16. The summed E-state index contributed by atoms with van der Waals surface area (Å²) in [6, 6.07) is 15.5. The van der Waals surface area contributed by atoms with Crippen LogP contribution in [0.2, 0.25) is 0 Å². The molecule has 0 aliphatic carbocycles. The molecule has 0 spiro atoms. The molecule has 5 heterocycles. The first-order valence-electron chi connectivity index (χ1n) is 9.73. The number of allylic oxidation sites excluding steroid dienone is 2. The summed E-state index contributed by atoms with van der Waals surface area (Å²) in [5.41, 5.74) is 0.143. The van der Waals surface area contributed by atoms with Gasteiger partial charge in [0.25, 0.3) is 0 Å². The van der Waals surface area contributed by atoms with Crippen molar-refractivity contribution in [1.82, 2.24) is 0 Å². The molecule has 10 heteroatoms. The summed E-state index contributed by atoms with van der Waals surface area (Å²) in [6.45, 7) is 0.943. The normalized spacial score (nSPS) is 11.6. The van der Waals surface area contributed by atoms with Gasteiger partial charge in [-0.2, -0.15) is 21.0 Å². The number of nitrogens with zero attached hydrogens (tertiary/aromatic N) is 4. The minimum atomic E-state index is 0.0615. The molecule has 0 atom stereocenters. The fraction of sp³-hybridized carbons (Fsp3) is 0.0833. The van der Waals surface area contributed by atoms with Crippen LogP contribution in [0.5, 0.6) is 11.5 Å². The van der Waals surface area contributed by atoms with E-state index in [4.69, 9.17) is 30.5 Å². The van der Waals surface area contributed by atoms with Crippen molar-refractivity contribution < 1.29 is 9.47 Å². The van der Waals surface area contributed by atoms with Gasteiger partial charge in [0.2, 0.25) is 0 Å². The maximum atomic E-state index is 9.03. The molecule has 0 saturated carbocycles. The summed E-state index contributed by atoms with van der Waals surface area (Å²) in [5, 5.41) is 36.0. The highest BCUT2D eigenvalue weighted by Gasteiger charge is 2.28. The largest absolute Gasteiger partial charge is 0.485 e. The quantitative estimate of drug-likeness (QED) is 0.270. The van der Waals surface area contributed by atoms with Crippen LogP contribution in [0.4, 0.5) is 0 Å². The van der Waals surface area contributed by atoms with Gasteiger partial charge >= 0.3 is 0 Å². The number of thiophene rings is 4. The highest BCUT2D eigenvalue weighted by Crippen LogP contribution is 2.56. The molecule has 0 bridgehead atoms. The van der Waals surface area contributed by atoms with Gasteiger partial charge in [0, 0.05) is 24.0 Å². The first-order chi connectivity index (χ1) is 16.6. The van der Waals surface area contributed by atoms with Crippen LogP contribution >= 0.6 is 45.3 Å². The molecule has 162 valence electrons. The van der Waals surface area contributed by atoms with Crippen LogP contribution in [0.15, 0.2) is 35.4 Å². The van der Waals surface area contributed by atoms with Gasteiger partial charge in [-0.25, -0.2) is 0 Å². The summed E-state index contributed by atoms with van der Waals surface area (Å²) in [6.07, 6.45) is 3.18. The van der Waals surface area contributed by atoms with Crippen LogP contribution in [0.25, 0.3) is 41.1 Å². The van der Waals surface area contributed by atoms with Gasteiger partial charge in [-0.1, -0.05) is 0 Å². The molecule has 4 aromatic heterocycles. The Morgan fingerprint density at radius 1 is 0.676 bits per heavy atom. The topological polar surface area (TPSA) is 114 Å². The molecule has 0 N–H and O–H groups in total. The average molecular weight is 515 g/mol. The van der Waals surface area contributed by atoms with E-state index in [2.05, 4.69) is 6.07 Å². The van der Waals surface area contributed by atoms with Gasteiger partial charge in [-0.3, -0.25) is 0 Å². The van der Waals surface area contributed by atoms with E-state index in [1.165, 1.54) is 22.7 Å². The SMILES string of the molecule is N#CC(C#N)=Cc1ccc(-c2sc(-c3cc4sc(C=C(C#N)C#N)cc4s3)c3c2OCCO3)s1. The predicted octanol–water partition coefficient (Wildman–Crippen LogP) is 7.05. The fourth-order valence-electron chi connectivity index (χ4n) is 3.33. The summed E-state index contributed by atoms with van der Waals surface area (Å²) in [7, 11) is 0. The predicted molar refractivity (Wildman–Crippen MR) is 136 cm³/mol. The number of rotatable bonds is 4. The molecule has 5 rings (SSSR count). The number of hydrogen-bond donors (Lipinski definition) is 0. The summed E-state index contributed by atoms with van der Waals surface area (Å²) < 4.78 is 14.2. The minimum absolute atomic E-state index is 0.0615. The first-order valence-corrected chi connectivity index (χ1v) is 13.0. The van der Waals surface area contributed by atoms with E-state index in [9.17, 15) is 0 Å². The number of hydrogen-bond acceptors (Lipinski definition) is 10. The second-order valence-corrected chi connectivity index (χ2v) is 11.2. The molecule has 34 heavy (non-hydrogen) atoms. The van der Waals surface area contributed by atoms with Crippen LogP contribution in [0.3, 0.4) is 0 Å². The van der Waals surface area contributed by atoms with Crippen LogP contribution in [0, 0.1) is 45.3 Å². The number of nitriles is 4. The Hall–Kier alpha value is -3.90. The van der Waals surface area contributed by atoms with E-state index < -0.39 is 0 Å². The molecule has 0 amide bonds. The first kappa shape index (κ1) is 21.9. The Morgan fingerprint density at radius 3 is 1.88 bits per heavy atom. The third-order valence-electron chi connectivity index (χ3n) is 4.75. The molecule has 4 aromatic rings. The van der Waals surface area contributed by atoms with Crippen molar-refractivity contribution in [3.05, 3.63) is 45.2 Å². The van der Waals surface area contributed by atoms with Gasteiger partial charge in [-0.15, -0.1) is 45.3 Å². The Morgan fingerprint density at radius 2 is 1.26 bits per heavy atom. The van der Waals surface area contributed by atoms with Crippen molar-refractivity contribution in [2.75, 3.05) is 13.2 Å². The Labute approximate surface area is 210 Å². The molecule has 0 radical (unpaired) electrons. The Kier molecular flexibility index (Phi) is 5.90. The maximum absolute atomic E-state index is 9.03. The highest BCUT2D eigenvalue weighted by atomic mass is 32.1. The van der Waals surface area contributed by atoms with E-state index in [-0.39, 0.29) is 11.1 Å². The lowest BCUT2D eigenvalue weighted by molar-refractivity contribution is 0.175. The van der Waals surface area contributed by atoms with Gasteiger partial charge in [0.05, 0.1) is 14.6 Å². The molecule has 6 nitrogen and oxygen atoms in total. The van der Waals surface area contributed by atoms with Crippen LogP contribution in [0.1, 0.15) is 9.75 Å². The smallest absolute Gasteiger partial charge is 0.181 e. The second-order valence-electron chi connectivity index (χ2n) is 6.87.